The van der Waals surface area contributed by atoms with Crippen molar-refractivity contribution < 1.29 is 9.26 Å². The van der Waals surface area contributed by atoms with E-state index in [2.05, 4.69) is 24.0 Å². The average Bonchev–Trinajstić information content (AvgIpc) is 2.87. The predicted molar refractivity (Wildman–Crippen MR) is 82.0 cm³/mol. The topological polar surface area (TPSA) is 74.2 Å². The molecule has 0 radical (unpaired) electrons. The second-order valence-corrected chi connectivity index (χ2v) is 5.57. The Morgan fingerprint density at radius 3 is 2.86 bits per heavy atom. The van der Waals surface area contributed by atoms with Gasteiger partial charge in [-0.15, -0.1) is 0 Å². The monoisotopic (exact) mass is 289 g/mol. The van der Waals surface area contributed by atoms with Crippen molar-refractivity contribution in [2.24, 2.45) is 11.7 Å². The first-order valence-electron chi connectivity index (χ1n) is 7.40. The molecule has 0 saturated carbocycles. The summed E-state index contributed by atoms with van der Waals surface area (Å²) in [6.45, 7) is 6.89. The van der Waals surface area contributed by atoms with Crippen LogP contribution in [0.2, 0.25) is 0 Å². The number of benzene rings is 1. The van der Waals surface area contributed by atoms with Crippen molar-refractivity contribution >= 4 is 0 Å². The van der Waals surface area contributed by atoms with Crippen LogP contribution < -0.4 is 10.5 Å². The van der Waals surface area contributed by atoms with Gasteiger partial charge in [0.25, 0.3) is 0 Å². The van der Waals surface area contributed by atoms with Crippen LogP contribution >= 0.6 is 0 Å². The molecule has 0 spiro atoms. The minimum absolute atomic E-state index is 0.0491. The summed E-state index contributed by atoms with van der Waals surface area (Å²) < 4.78 is 10.8. The van der Waals surface area contributed by atoms with Gasteiger partial charge in [-0.2, -0.15) is 4.98 Å². The minimum Gasteiger partial charge on any atom is -0.494 e. The molecule has 0 saturated heterocycles. The van der Waals surface area contributed by atoms with E-state index in [1.54, 1.807) is 0 Å². The summed E-state index contributed by atoms with van der Waals surface area (Å²) in [4.78, 5) is 4.42. The fourth-order valence-corrected chi connectivity index (χ4v) is 2.26. The average molecular weight is 289 g/mol. The lowest BCUT2D eigenvalue weighted by Gasteiger charge is -2.10. The van der Waals surface area contributed by atoms with Crippen molar-refractivity contribution in [1.29, 1.82) is 0 Å². The molecule has 2 aromatic rings. The molecule has 2 N–H and O–H groups in total. The van der Waals surface area contributed by atoms with Crippen molar-refractivity contribution in [1.82, 2.24) is 10.1 Å². The third-order valence-corrected chi connectivity index (χ3v) is 3.08. The van der Waals surface area contributed by atoms with Crippen LogP contribution in [0.5, 0.6) is 5.75 Å². The summed E-state index contributed by atoms with van der Waals surface area (Å²) in [7, 11) is 0. The van der Waals surface area contributed by atoms with Crippen molar-refractivity contribution in [3.05, 3.63) is 30.2 Å². The molecule has 5 nitrogen and oxygen atoms in total. The van der Waals surface area contributed by atoms with E-state index in [1.807, 2.05) is 31.2 Å². The quantitative estimate of drug-likeness (QED) is 0.848. The molecule has 1 aromatic heterocycles. The molecule has 1 heterocycles. The highest BCUT2D eigenvalue weighted by Crippen LogP contribution is 2.22. The third-order valence-electron chi connectivity index (χ3n) is 3.08. The van der Waals surface area contributed by atoms with Gasteiger partial charge in [-0.1, -0.05) is 31.1 Å². The second kappa shape index (κ2) is 7.22. The first kappa shape index (κ1) is 15.5. The van der Waals surface area contributed by atoms with E-state index < -0.39 is 0 Å². The van der Waals surface area contributed by atoms with Crippen LogP contribution in [0.1, 0.15) is 33.1 Å². The van der Waals surface area contributed by atoms with E-state index in [9.17, 15) is 0 Å². The van der Waals surface area contributed by atoms with Crippen LogP contribution in [-0.4, -0.2) is 22.8 Å². The maximum Gasteiger partial charge on any atom is 0.228 e. The standard InChI is InChI=1S/C16H23N3O2/c1-4-20-14-7-5-6-12(9-14)16-18-15(21-19-16)10-13(17)8-11(2)3/h5-7,9,11,13H,4,8,10,17H2,1-3H3. The Labute approximate surface area is 125 Å². The van der Waals surface area contributed by atoms with Crippen molar-refractivity contribution in [3.8, 4) is 17.1 Å². The molecule has 0 aliphatic rings. The lowest BCUT2D eigenvalue weighted by Crippen LogP contribution is -2.24. The Morgan fingerprint density at radius 1 is 1.33 bits per heavy atom. The molecule has 0 bridgehead atoms. The third kappa shape index (κ3) is 4.56. The summed E-state index contributed by atoms with van der Waals surface area (Å²) in [6, 6.07) is 7.72. The van der Waals surface area contributed by atoms with Gasteiger partial charge in [-0.05, 0) is 31.4 Å². The van der Waals surface area contributed by atoms with Crippen molar-refractivity contribution in [3.63, 3.8) is 0 Å². The van der Waals surface area contributed by atoms with Gasteiger partial charge in [0.2, 0.25) is 11.7 Å². The zero-order chi connectivity index (χ0) is 15.2. The molecule has 1 atom stereocenters. The van der Waals surface area contributed by atoms with Crippen LogP contribution in [0.15, 0.2) is 28.8 Å². The molecular weight excluding hydrogens is 266 g/mol. The highest BCUT2D eigenvalue weighted by atomic mass is 16.5. The largest absolute Gasteiger partial charge is 0.494 e. The van der Waals surface area contributed by atoms with Crippen LogP contribution in [0.4, 0.5) is 0 Å². The highest BCUT2D eigenvalue weighted by molar-refractivity contribution is 5.56. The Kier molecular flexibility index (Phi) is 5.33. The van der Waals surface area contributed by atoms with E-state index in [1.165, 1.54) is 0 Å². The molecule has 114 valence electrons. The SMILES string of the molecule is CCOc1cccc(-c2noc(CC(N)CC(C)C)n2)c1. The van der Waals surface area contributed by atoms with Gasteiger partial charge in [0, 0.05) is 18.0 Å². The number of rotatable bonds is 7. The zero-order valence-electron chi connectivity index (χ0n) is 12.9. The molecule has 21 heavy (non-hydrogen) atoms. The maximum absolute atomic E-state index is 6.07. The zero-order valence-corrected chi connectivity index (χ0v) is 12.9. The Bertz CT molecular complexity index is 566. The summed E-state index contributed by atoms with van der Waals surface area (Å²) in [6.07, 6.45) is 1.55. The number of aromatic nitrogens is 2. The lowest BCUT2D eigenvalue weighted by atomic mass is 10.0. The van der Waals surface area contributed by atoms with E-state index >= 15 is 0 Å². The molecular formula is C16H23N3O2. The first-order valence-corrected chi connectivity index (χ1v) is 7.40. The Balaban J connectivity index is 2.07. The molecule has 2 rings (SSSR count). The first-order chi connectivity index (χ1) is 10.1. The number of ether oxygens (including phenoxy) is 1. The van der Waals surface area contributed by atoms with Crippen molar-refractivity contribution in [2.45, 2.75) is 39.7 Å². The molecule has 1 aromatic carbocycles. The van der Waals surface area contributed by atoms with Crippen LogP contribution in [0.3, 0.4) is 0 Å². The molecule has 0 aliphatic heterocycles. The number of nitrogens with zero attached hydrogens (tertiary/aromatic N) is 2. The minimum atomic E-state index is 0.0491. The second-order valence-electron chi connectivity index (χ2n) is 5.57. The Hall–Kier alpha value is -1.88. The van der Waals surface area contributed by atoms with E-state index in [-0.39, 0.29) is 6.04 Å². The molecule has 0 aliphatic carbocycles. The van der Waals surface area contributed by atoms with Gasteiger partial charge in [0.1, 0.15) is 5.75 Å². The Morgan fingerprint density at radius 2 is 2.14 bits per heavy atom. The smallest absolute Gasteiger partial charge is 0.228 e. The lowest BCUT2D eigenvalue weighted by molar-refractivity contribution is 0.340. The van der Waals surface area contributed by atoms with E-state index in [0.717, 1.165) is 17.7 Å². The van der Waals surface area contributed by atoms with Gasteiger partial charge in [-0.3, -0.25) is 0 Å². The number of hydrogen-bond donors (Lipinski definition) is 1. The van der Waals surface area contributed by atoms with E-state index in [4.69, 9.17) is 15.0 Å². The van der Waals surface area contributed by atoms with Crippen LogP contribution in [0.25, 0.3) is 11.4 Å². The van der Waals surface area contributed by atoms with Crippen LogP contribution in [0, 0.1) is 5.92 Å². The number of nitrogens with two attached hydrogens (primary N) is 1. The fourth-order valence-electron chi connectivity index (χ4n) is 2.26. The maximum atomic E-state index is 6.07. The number of hydrogen-bond acceptors (Lipinski definition) is 5. The van der Waals surface area contributed by atoms with Gasteiger partial charge < -0.3 is 15.0 Å². The van der Waals surface area contributed by atoms with Gasteiger partial charge >= 0.3 is 0 Å². The molecule has 0 amide bonds. The molecule has 5 heteroatoms. The molecule has 1 unspecified atom stereocenters. The van der Waals surface area contributed by atoms with Crippen molar-refractivity contribution in [2.75, 3.05) is 6.61 Å². The van der Waals surface area contributed by atoms with Crippen LogP contribution in [-0.2, 0) is 6.42 Å². The summed E-state index contributed by atoms with van der Waals surface area (Å²) in [5.41, 5.74) is 6.95. The van der Waals surface area contributed by atoms with Gasteiger partial charge in [0.15, 0.2) is 0 Å². The highest BCUT2D eigenvalue weighted by Gasteiger charge is 2.13. The molecule has 0 fully saturated rings. The normalized spacial score (nSPS) is 12.6. The summed E-state index contributed by atoms with van der Waals surface area (Å²) in [5, 5.41) is 4.02. The predicted octanol–water partition coefficient (Wildman–Crippen LogP) is 3.05. The van der Waals surface area contributed by atoms with Gasteiger partial charge in [-0.25, -0.2) is 0 Å². The fraction of sp³-hybridized carbons (Fsp3) is 0.500. The summed E-state index contributed by atoms with van der Waals surface area (Å²) in [5.74, 6) is 2.52. The summed E-state index contributed by atoms with van der Waals surface area (Å²) >= 11 is 0. The van der Waals surface area contributed by atoms with E-state index in [0.29, 0.717) is 30.7 Å². The van der Waals surface area contributed by atoms with Gasteiger partial charge in [0.05, 0.1) is 6.61 Å².